The fraction of sp³-hybridized carbons (Fsp3) is 0.714. The maximum atomic E-state index is 5.78. The first kappa shape index (κ1) is 13.3. The summed E-state index contributed by atoms with van der Waals surface area (Å²) in [5, 5.41) is 3.34. The van der Waals surface area contributed by atoms with E-state index in [1.54, 1.807) is 0 Å². The van der Waals surface area contributed by atoms with Crippen LogP contribution in [0.25, 0.3) is 0 Å². The number of furan rings is 1. The van der Waals surface area contributed by atoms with E-state index in [0.29, 0.717) is 6.04 Å². The molecule has 0 aromatic carbocycles. The molecular formula is C14H25NO. The van der Waals surface area contributed by atoms with Crippen molar-refractivity contribution in [1.29, 1.82) is 0 Å². The van der Waals surface area contributed by atoms with E-state index in [-0.39, 0.29) is 0 Å². The highest BCUT2D eigenvalue weighted by Gasteiger charge is 2.12. The van der Waals surface area contributed by atoms with Crippen LogP contribution in [0.4, 0.5) is 0 Å². The zero-order valence-corrected chi connectivity index (χ0v) is 10.9. The molecule has 0 spiro atoms. The smallest absolute Gasteiger partial charge is 0.121 e. The first-order valence-corrected chi connectivity index (χ1v) is 6.57. The van der Waals surface area contributed by atoms with Crippen LogP contribution in [0.5, 0.6) is 0 Å². The maximum Gasteiger partial charge on any atom is 0.121 e. The van der Waals surface area contributed by atoms with Crippen molar-refractivity contribution in [1.82, 2.24) is 5.32 Å². The second kappa shape index (κ2) is 7.50. The Kier molecular flexibility index (Phi) is 6.24. The molecular weight excluding hydrogens is 198 g/mol. The SMILES string of the molecule is CCCCCCC(NC)c1ccc(CC)o1. The van der Waals surface area contributed by atoms with Crippen LogP contribution in [0.3, 0.4) is 0 Å². The van der Waals surface area contributed by atoms with Crippen LogP contribution in [0.2, 0.25) is 0 Å². The zero-order valence-electron chi connectivity index (χ0n) is 10.9. The van der Waals surface area contributed by atoms with Gasteiger partial charge in [-0.15, -0.1) is 0 Å². The van der Waals surface area contributed by atoms with Crippen molar-refractivity contribution in [3.63, 3.8) is 0 Å². The zero-order chi connectivity index (χ0) is 11.8. The van der Waals surface area contributed by atoms with Crippen LogP contribution in [0.1, 0.15) is 63.5 Å². The minimum atomic E-state index is 0.386. The monoisotopic (exact) mass is 223 g/mol. The molecule has 0 saturated carbocycles. The van der Waals surface area contributed by atoms with Crippen molar-refractivity contribution < 1.29 is 4.42 Å². The Bertz CT molecular complexity index is 280. The Hall–Kier alpha value is -0.760. The summed E-state index contributed by atoms with van der Waals surface area (Å²) in [5.74, 6) is 2.18. The Labute approximate surface area is 99.4 Å². The average Bonchev–Trinajstić information content (AvgIpc) is 2.78. The van der Waals surface area contributed by atoms with Crippen LogP contribution in [0, 0.1) is 0 Å². The maximum absolute atomic E-state index is 5.78. The lowest BCUT2D eigenvalue weighted by atomic mass is 10.1. The Morgan fingerprint density at radius 1 is 1.19 bits per heavy atom. The van der Waals surface area contributed by atoms with Gasteiger partial charge in [0.15, 0.2) is 0 Å². The number of unbranched alkanes of at least 4 members (excludes halogenated alkanes) is 3. The molecule has 0 radical (unpaired) electrons. The van der Waals surface area contributed by atoms with Crippen LogP contribution >= 0.6 is 0 Å². The van der Waals surface area contributed by atoms with E-state index < -0.39 is 0 Å². The highest BCUT2D eigenvalue weighted by atomic mass is 16.3. The fourth-order valence-corrected chi connectivity index (χ4v) is 1.98. The van der Waals surface area contributed by atoms with Gasteiger partial charge in [0.05, 0.1) is 6.04 Å². The summed E-state index contributed by atoms with van der Waals surface area (Å²) in [4.78, 5) is 0. The molecule has 92 valence electrons. The number of aryl methyl sites for hydroxylation is 1. The van der Waals surface area contributed by atoms with Crippen molar-refractivity contribution in [2.75, 3.05) is 7.05 Å². The van der Waals surface area contributed by atoms with Crippen LogP contribution in [0.15, 0.2) is 16.5 Å². The van der Waals surface area contributed by atoms with Crippen molar-refractivity contribution >= 4 is 0 Å². The van der Waals surface area contributed by atoms with Gasteiger partial charge in [-0.1, -0.05) is 39.5 Å². The van der Waals surface area contributed by atoms with Crippen LogP contribution < -0.4 is 5.32 Å². The number of nitrogens with one attached hydrogen (secondary N) is 1. The molecule has 1 aromatic rings. The number of hydrogen-bond donors (Lipinski definition) is 1. The molecule has 0 saturated heterocycles. The lowest BCUT2D eigenvalue weighted by molar-refractivity contribution is 0.386. The quantitative estimate of drug-likeness (QED) is 0.672. The van der Waals surface area contributed by atoms with E-state index in [9.17, 15) is 0 Å². The van der Waals surface area contributed by atoms with Gasteiger partial charge in [-0.2, -0.15) is 0 Å². The second-order valence-electron chi connectivity index (χ2n) is 4.35. The number of hydrogen-bond acceptors (Lipinski definition) is 2. The lowest BCUT2D eigenvalue weighted by Gasteiger charge is -2.13. The molecule has 1 heterocycles. The molecule has 0 bridgehead atoms. The molecule has 16 heavy (non-hydrogen) atoms. The molecule has 1 unspecified atom stereocenters. The van der Waals surface area contributed by atoms with E-state index >= 15 is 0 Å². The van der Waals surface area contributed by atoms with Gasteiger partial charge in [0, 0.05) is 6.42 Å². The van der Waals surface area contributed by atoms with Gasteiger partial charge in [-0.3, -0.25) is 0 Å². The van der Waals surface area contributed by atoms with E-state index in [4.69, 9.17) is 4.42 Å². The average molecular weight is 223 g/mol. The third kappa shape index (κ3) is 4.01. The highest BCUT2D eigenvalue weighted by molar-refractivity contribution is 5.10. The van der Waals surface area contributed by atoms with Crippen LogP contribution in [-0.4, -0.2) is 7.05 Å². The normalized spacial score (nSPS) is 12.9. The molecule has 1 rings (SSSR count). The molecule has 0 amide bonds. The standard InChI is InChI=1S/C14H25NO/c1-4-6-7-8-9-13(15-3)14-11-10-12(5-2)16-14/h10-11,13,15H,4-9H2,1-3H3. The van der Waals surface area contributed by atoms with Crippen molar-refractivity contribution in [3.8, 4) is 0 Å². The van der Waals surface area contributed by atoms with Crippen molar-refractivity contribution in [2.45, 2.75) is 58.4 Å². The molecule has 2 heteroatoms. The second-order valence-corrected chi connectivity index (χ2v) is 4.35. The molecule has 0 fully saturated rings. The van der Waals surface area contributed by atoms with Gasteiger partial charge in [0.25, 0.3) is 0 Å². The van der Waals surface area contributed by atoms with E-state index in [1.807, 2.05) is 7.05 Å². The Morgan fingerprint density at radius 2 is 2.00 bits per heavy atom. The molecule has 0 aliphatic heterocycles. The van der Waals surface area contributed by atoms with Crippen molar-refractivity contribution in [2.24, 2.45) is 0 Å². The minimum absolute atomic E-state index is 0.386. The summed E-state index contributed by atoms with van der Waals surface area (Å²) in [6.07, 6.45) is 7.40. The number of rotatable bonds is 8. The first-order chi connectivity index (χ1) is 7.81. The Balaban J connectivity index is 2.40. The van der Waals surface area contributed by atoms with Gasteiger partial charge in [0.2, 0.25) is 0 Å². The van der Waals surface area contributed by atoms with E-state index in [1.165, 1.54) is 32.1 Å². The summed E-state index contributed by atoms with van der Waals surface area (Å²) < 4.78 is 5.78. The molecule has 1 atom stereocenters. The predicted molar refractivity (Wildman–Crippen MR) is 68.6 cm³/mol. The summed E-state index contributed by atoms with van der Waals surface area (Å²) in [6, 6.07) is 4.59. The van der Waals surface area contributed by atoms with Gasteiger partial charge >= 0.3 is 0 Å². The molecule has 2 nitrogen and oxygen atoms in total. The predicted octanol–water partition coefficient (Wildman–Crippen LogP) is 4.07. The molecule has 0 aliphatic rings. The van der Waals surface area contributed by atoms with Crippen molar-refractivity contribution in [3.05, 3.63) is 23.7 Å². The topological polar surface area (TPSA) is 25.2 Å². The summed E-state index contributed by atoms with van der Waals surface area (Å²) in [5.41, 5.74) is 0. The summed E-state index contributed by atoms with van der Waals surface area (Å²) >= 11 is 0. The third-order valence-electron chi connectivity index (χ3n) is 3.07. The van der Waals surface area contributed by atoms with Gasteiger partial charge in [0.1, 0.15) is 11.5 Å². The lowest BCUT2D eigenvalue weighted by Crippen LogP contribution is -2.15. The van der Waals surface area contributed by atoms with E-state index in [0.717, 1.165) is 17.9 Å². The Morgan fingerprint density at radius 3 is 2.56 bits per heavy atom. The van der Waals surface area contributed by atoms with Gasteiger partial charge < -0.3 is 9.73 Å². The minimum Gasteiger partial charge on any atom is -0.464 e. The van der Waals surface area contributed by atoms with Crippen LogP contribution in [-0.2, 0) is 6.42 Å². The summed E-state index contributed by atoms with van der Waals surface area (Å²) in [7, 11) is 2.01. The largest absolute Gasteiger partial charge is 0.464 e. The summed E-state index contributed by atoms with van der Waals surface area (Å²) in [6.45, 7) is 4.37. The van der Waals surface area contributed by atoms with Gasteiger partial charge in [-0.25, -0.2) is 0 Å². The highest BCUT2D eigenvalue weighted by Crippen LogP contribution is 2.22. The fourth-order valence-electron chi connectivity index (χ4n) is 1.98. The molecule has 1 aromatic heterocycles. The third-order valence-corrected chi connectivity index (χ3v) is 3.07. The van der Waals surface area contributed by atoms with E-state index in [2.05, 4.69) is 31.3 Å². The van der Waals surface area contributed by atoms with Gasteiger partial charge in [-0.05, 0) is 25.6 Å². The molecule has 1 N–H and O–H groups in total. The molecule has 0 aliphatic carbocycles. The first-order valence-electron chi connectivity index (χ1n) is 6.57.